The summed E-state index contributed by atoms with van der Waals surface area (Å²) in [6.07, 6.45) is 3.96. The lowest BCUT2D eigenvalue weighted by Gasteiger charge is -2.39. The average molecular weight is 219 g/mol. The van der Waals surface area contributed by atoms with Gasteiger partial charge in [-0.2, -0.15) is 0 Å². The molecule has 0 aliphatic carbocycles. The van der Waals surface area contributed by atoms with Gasteiger partial charge in [0.25, 0.3) is 0 Å². The zero-order chi connectivity index (χ0) is 11.6. The van der Waals surface area contributed by atoms with Gasteiger partial charge in [0.15, 0.2) is 0 Å². The third-order valence-corrected chi connectivity index (χ3v) is 3.62. The summed E-state index contributed by atoms with van der Waals surface area (Å²) in [5.74, 6) is 0. The summed E-state index contributed by atoms with van der Waals surface area (Å²) >= 11 is 0. The molecule has 0 saturated carbocycles. The predicted octanol–water partition coefficient (Wildman–Crippen LogP) is 2.90. The topological polar surface area (TPSA) is 23.5 Å². The largest absolute Gasteiger partial charge is 0.385 e. The molecule has 88 valence electrons. The first-order valence-electron chi connectivity index (χ1n) is 6.20. The molecule has 1 N–H and O–H groups in total. The highest BCUT2D eigenvalue weighted by atomic mass is 16.3. The molecule has 2 rings (SSSR count). The van der Waals surface area contributed by atoms with E-state index in [9.17, 15) is 5.11 Å². The van der Waals surface area contributed by atoms with E-state index in [0.29, 0.717) is 0 Å². The Morgan fingerprint density at radius 1 is 1.38 bits per heavy atom. The molecule has 1 aliphatic heterocycles. The van der Waals surface area contributed by atoms with E-state index in [1.165, 1.54) is 5.69 Å². The first-order valence-corrected chi connectivity index (χ1v) is 6.20. The second-order valence-electron chi connectivity index (χ2n) is 4.82. The van der Waals surface area contributed by atoms with Crippen LogP contribution in [0, 0.1) is 0 Å². The van der Waals surface area contributed by atoms with Gasteiger partial charge in [0.2, 0.25) is 0 Å². The first-order chi connectivity index (χ1) is 7.67. The molecule has 0 saturated heterocycles. The van der Waals surface area contributed by atoms with Crippen LogP contribution in [0.1, 0.15) is 38.2 Å². The van der Waals surface area contributed by atoms with Gasteiger partial charge in [0.05, 0.1) is 5.60 Å². The predicted molar refractivity (Wildman–Crippen MR) is 67.8 cm³/mol. The number of unbranched alkanes of at least 4 members (excludes halogenated alkanes) is 1. The fourth-order valence-electron chi connectivity index (χ4n) is 2.54. The summed E-state index contributed by atoms with van der Waals surface area (Å²) in [7, 11) is 2.10. The minimum atomic E-state index is -0.598. The Morgan fingerprint density at radius 2 is 2.12 bits per heavy atom. The molecule has 1 aromatic carbocycles. The molecule has 1 aromatic rings. The van der Waals surface area contributed by atoms with Crippen molar-refractivity contribution in [3.8, 4) is 0 Å². The number of hydrogen-bond donors (Lipinski definition) is 1. The molecule has 0 unspecified atom stereocenters. The van der Waals surface area contributed by atoms with Gasteiger partial charge in [-0.25, -0.2) is 0 Å². The van der Waals surface area contributed by atoms with Crippen molar-refractivity contribution in [3.05, 3.63) is 29.8 Å². The van der Waals surface area contributed by atoms with Crippen LogP contribution in [0.25, 0.3) is 0 Å². The highest BCUT2D eigenvalue weighted by molar-refractivity contribution is 5.57. The van der Waals surface area contributed by atoms with Gasteiger partial charge < -0.3 is 10.0 Å². The fraction of sp³-hybridized carbons (Fsp3) is 0.571. The Kier molecular flexibility index (Phi) is 3.20. The van der Waals surface area contributed by atoms with E-state index in [1.807, 2.05) is 12.1 Å². The third-order valence-electron chi connectivity index (χ3n) is 3.62. The molecular formula is C14H21NO. The zero-order valence-corrected chi connectivity index (χ0v) is 10.2. The number of para-hydroxylation sites is 1. The summed E-state index contributed by atoms with van der Waals surface area (Å²) < 4.78 is 0. The van der Waals surface area contributed by atoms with E-state index < -0.39 is 5.60 Å². The fourth-order valence-corrected chi connectivity index (χ4v) is 2.54. The number of nitrogens with zero attached hydrogens (tertiary/aromatic N) is 1. The van der Waals surface area contributed by atoms with Crippen molar-refractivity contribution < 1.29 is 5.11 Å². The highest BCUT2D eigenvalue weighted by Crippen LogP contribution is 2.40. The quantitative estimate of drug-likeness (QED) is 0.845. The maximum atomic E-state index is 10.7. The summed E-state index contributed by atoms with van der Waals surface area (Å²) in [5, 5.41) is 10.7. The lowest BCUT2D eigenvalue weighted by atomic mass is 9.82. The number of hydrogen-bond acceptors (Lipinski definition) is 2. The number of fused-ring (bicyclic) bond motifs is 1. The second kappa shape index (κ2) is 4.46. The van der Waals surface area contributed by atoms with E-state index in [-0.39, 0.29) is 0 Å². The summed E-state index contributed by atoms with van der Waals surface area (Å²) in [4.78, 5) is 2.23. The molecule has 2 nitrogen and oxygen atoms in total. The van der Waals surface area contributed by atoms with Crippen molar-refractivity contribution in [2.75, 3.05) is 18.5 Å². The van der Waals surface area contributed by atoms with E-state index in [1.54, 1.807) is 0 Å². The van der Waals surface area contributed by atoms with Crippen LogP contribution in [0.3, 0.4) is 0 Å². The van der Waals surface area contributed by atoms with Gasteiger partial charge in [0, 0.05) is 24.8 Å². The standard InChI is InChI=1S/C14H21NO/c1-3-4-9-14(16)10-11-15(2)13-8-6-5-7-12(13)14/h5-8,16H,3-4,9-11H2,1-2H3/t14-/m0/s1. The average Bonchev–Trinajstić information content (AvgIpc) is 2.32. The molecule has 0 fully saturated rings. The van der Waals surface area contributed by atoms with Crippen LogP contribution in [-0.2, 0) is 5.60 Å². The minimum Gasteiger partial charge on any atom is -0.385 e. The van der Waals surface area contributed by atoms with E-state index >= 15 is 0 Å². The Morgan fingerprint density at radius 3 is 2.88 bits per heavy atom. The Balaban J connectivity index is 2.33. The molecule has 16 heavy (non-hydrogen) atoms. The van der Waals surface area contributed by atoms with E-state index in [0.717, 1.165) is 37.8 Å². The Labute approximate surface area is 97.9 Å². The van der Waals surface area contributed by atoms with Crippen molar-refractivity contribution in [1.82, 2.24) is 0 Å². The van der Waals surface area contributed by atoms with Gasteiger partial charge in [-0.3, -0.25) is 0 Å². The maximum absolute atomic E-state index is 10.7. The van der Waals surface area contributed by atoms with Crippen molar-refractivity contribution in [2.45, 2.75) is 38.2 Å². The van der Waals surface area contributed by atoms with Crippen molar-refractivity contribution in [2.24, 2.45) is 0 Å². The maximum Gasteiger partial charge on any atom is 0.0933 e. The molecule has 0 radical (unpaired) electrons. The lowest BCUT2D eigenvalue weighted by Crippen LogP contribution is -2.38. The molecular weight excluding hydrogens is 198 g/mol. The van der Waals surface area contributed by atoms with Crippen molar-refractivity contribution in [3.63, 3.8) is 0 Å². The summed E-state index contributed by atoms with van der Waals surface area (Å²) in [6, 6.07) is 8.24. The number of aliphatic hydroxyl groups is 1. The summed E-state index contributed by atoms with van der Waals surface area (Å²) in [6.45, 7) is 3.11. The molecule has 0 spiro atoms. The number of rotatable bonds is 3. The summed E-state index contributed by atoms with van der Waals surface area (Å²) in [5.41, 5.74) is 1.70. The van der Waals surface area contributed by atoms with Gasteiger partial charge in [-0.05, 0) is 18.9 Å². The van der Waals surface area contributed by atoms with E-state index in [2.05, 4.69) is 31.0 Å². The Hall–Kier alpha value is -1.02. The van der Waals surface area contributed by atoms with Crippen LogP contribution in [-0.4, -0.2) is 18.7 Å². The molecule has 1 atom stereocenters. The van der Waals surface area contributed by atoms with Crippen LogP contribution >= 0.6 is 0 Å². The van der Waals surface area contributed by atoms with Crippen LogP contribution in [0.15, 0.2) is 24.3 Å². The second-order valence-corrected chi connectivity index (χ2v) is 4.82. The van der Waals surface area contributed by atoms with Crippen LogP contribution in [0.4, 0.5) is 5.69 Å². The molecule has 1 heterocycles. The van der Waals surface area contributed by atoms with Gasteiger partial charge in [-0.1, -0.05) is 38.0 Å². The zero-order valence-electron chi connectivity index (χ0n) is 10.2. The third kappa shape index (κ3) is 1.94. The molecule has 1 aliphatic rings. The molecule has 0 aromatic heterocycles. The molecule has 0 bridgehead atoms. The van der Waals surface area contributed by atoms with Gasteiger partial charge >= 0.3 is 0 Å². The highest BCUT2D eigenvalue weighted by Gasteiger charge is 2.35. The van der Waals surface area contributed by atoms with Crippen LogP contribution in [0.5, 0.6) is 0 Å². The van der Waals surface area contributed by atoms with Gasteiger partial charge in [0.1, 0.15) is 0 Å². The monoisotopic (exact) mass is 219 g/mol. The SMILES string of the molecule is CCCC[C@]1(O)CCN(C)c2ccccc21. The molecule has 0 amide bonds. The van der Waals surface area contributed by atoms with Gasteiger partial charge in [-0.15, -0.1) is 0 Å². The number of anilines is 1. The lowest BCUT2D eigenvalue weighted by molar-refractivity contribution is 0.0148. The van der Waals surface area contributed by atoms with E-state index in [4.69, 9.17) is 0 Å². The van der Waals surface area contributed by atoms with Crippen molar-refractivity contribution in [1.29, 1.82) is 0 Å². The first kappa shape index (κ1) is 11.5. The molecule has 2 heteroatoms. The van der Waals surface area contributed by atoms with Crippen LogP contribution in [0.2, 0.25) is 0 Å². The minimum absolute atomic E-state index is 0.598. The van der Waals surface area contributed by atoms with Crippen LogP contribution < -0.4 is 4.90 Å². The smallest absolute Gasteiger partial charge is 0.0933 e. The number of benzene rings is 1. The normalized spacial score (nSPS) is 24.3. The Bertz CT molecular complexity index is 364. The van der Waals surface area contributed by atoms with Crippen molar-refractivity contribution >= 4 is 5.69 Å².